The second-order valence-corrected chi connectivity index (χ2v) is 3.92. The van der Waals surface area contributed by atoms with Gasteiger partial charge in [-0.3, -0.25) is 4.79 Å². The van der Waals surface area contributed by atoms with Gasteiger partial charge in [0.05, 0.1) is 0 Å². The summed E-state index contributed by atoms with van der Waals surface area (Å²) in [5, 5.41) is 0. The van der Waals surface area contributed by atoms with Gasteiger partial charge in [0.1, 0.15) is 12.0 Å². The van der Waals surface area contributed by atoms with Crippen molar-refractivity contribution in [3.05, 3.63) is 59.2 Å². The first-order valence-electron chi connectivity index (χ1n) is 5.62. The van der Waals surface area contributed by atoms with E-state index in [1.165, 1.54) is 6.08 Å². The highest BCUT2D eigenvalue weighted by atomic mass is 19.4. The maximum Gasteiger partial charge on any atom is 0.433 e. The fraction of sp³-hybridized carbons (Fsp3) is 0.0714. The molecule has 2 rings (SSSR count). The molecule has 20 heavy (non-hydrogen) atoms. The van der Waals surface area contributed by atoms with E-state index in [4.69, 9.17) is 0 Å². The smallest absolute Gasteiger partial charge is 0.298 e. The summed E-state index contributed by atoms with van der Waals surface area (Å²) in [5.41, 5.74) is 0.168. The Bertz CT molecular complexity index is 651. The molecule has 1 heterocycles. The van der Waals surface area contributed by atoms with Crippen LogP contribution in [-0.2, 0) is 6.18 Å². The van der Waals surface area contributed by atoms with E-state index in [-0.39, 0.29) is 5.82 Å². The van der Waals surface area contributed by atoms with Crippen LogP contribution in [-0.4, -0.2) is 16.3 Å². The van der Waals surface area contributed by atoms with Crippen LogP contribution in [0.5, 0.6) is 0 Å². The summed E-state index contributed by atoms with van der Waals surface area (Å²) in [6.07, 6.45) is 0.153. The molecule has 0 radical (unpaired) electrons. The van der Waals surface area contributed by atoms with Gasteiger partial charge >= 0.3 is 6.18 Å². The van der Waals surface area contributed by atoms with Gasteiger partial charge < -0.3 is 0 Å². The van der Waals surface area contributed by atoms with Crippen LogP contribution in [0.1, 0.15) is 27.4 Å². The van der Waals surface area contributed by atoms with Crippen molar-refractivity contribution in [1.29, 1.82) is 0 Å². The third-order valence-electron chi connectivity index (χ3n) is 2.44. The average molecular weight is 278 g/mol. The van der Waals surface area contributed by atoms with E-state index >= 15 is 0 Å². The second-order valence-electron chi connectivity index (χ2n) is 3.92. The van der Waals surface area contributed by atoms with Gasteiger partial charge in [-0.2, -0.15) is 13.2 Å². The highest BCUT2D eigenvalue weighted by Crippen LogP contribution is 2.27. The standard InChI is InChI=1S/C14H9F3N2O/c15-14(16,17)12-6-7-18-13(19-12)5-4-10-2-1-3-11(8-10)9-20/h1-9H/b5-4+. The molecule has 0 aliphatic rings. The zero-order chi connectivity index (χ0) is 14.6. The Hall–Kier alpha value is -2.50. The number of hydrogen-bond donors (Lipinski definition) is 0. The maximum atomic E-state index is 12.5. The predicted octanol–water partition coefficient (Wildman–Crippen LogP) is 3.48. The summed E-state index contributed by atoms with van der Waals surface area (Å²) in [7, 11) is 0. The Morgan fingerprint density at radius 2 is 1.80 bits per heavy atom. The SMILES string of the molecule is O=Cc1cccc(/C=C/c2nccc(C(F)(F)F)n2)c1. The molecular formula is C14H9F3N2O. The van der Waals surface area contributed by atoms with Gasteiger partial charge in [-0.05, 0) is 23.8 Å². The largest absolute Gasteiger partial charge is 0.433 e. The highest BCUT2D eigenvalue weighted by Gasteiger charge is 2.32. The number of nitrogens with zero attached hydrogens (tertiary/aromatic N) is 2. The fourth-order valence-corrected chi connectivity index (χ4v) is 1.52. The van der Waals surface area contributed by atoms with Crippen molar-refractivity contribution in [3.63, 3.8) is 0 Å². The molecule has 0 saturated carbocycles. The van der Waals surface area contributed by atoms with Crippen molar-refractivity contribution in [2.75, 3.05) is 0 Å². The number of carbonyl (C=O) groups excluding carboxylic acids is 1. The lowest BCUT2D eigenvalue weighted by atomic mass is 10.1. The van der Waals surface area contributed by atoms with Crippen LogP contribution in [0, 0.1) is 0 Å². The lowest BCUT2D eigenvalue weighted by Crippen LogP contribution is -2.08. The maximum absolute atomic E-state index is 12.5. The summed E-state index contributed by atoms with van der Waals surface area (Å²) in [4.78, 5) is 17.8. The summed E-state index contributed by atoms with van der Waals surface area (Å²) in [5.74, 6) is -0.0451. The molecule has 2 aromatic rings. The number of aromatic nitrogens is 2. The summed E-state index contributed by atoms with van der Waals surface area (Å²) in [6.45, 7) is 0. The van der Waals surface area contributed by atoms with Gasteiger partial charge in [-0.25, -0.2) is 9.97 Å². The Morgan fingerprint density at radius 1 is 1.05 bits per heavy atom. The Balaban J connectivity index is 2.25. The number of alkyl halides is 3. The molecular weight excluding hydrogens is 269 g/mol. The molecule has 0 amide bonds. The van der Waals surface area contributed by atoms with Crippen LogP contribution >= 0.6 is 0 Å². The van der Waals surface area contributed by atoms with Crippen LogP contribution in [0.25, 0.3) is 12.2 Å². The molecule has 0 unspecified atom stereocenters. The van der Waals surface area contributed by atoms with E-state index in [0.29, 0.717) is 17.4 Å². The quantitative estimate of drug-likeness (QED) is 0.807. The van der Waals surface area contributed by atoms with Crippen molar-refractivity contribution in [2.45, 2.75) is 6.18 Å². The van der Waals surface area contributed by atoms with Crippen molar-refractivity contribution >= 4 is 18.4 Å². The zero-order valence-corrected chi connectivity index (χ0v) is 10.1. The van der Waals surface area contributed by atoms with Crippen molar-refractivity contribution < 1.29 is 18.0 Å². The van der Waals surface area contributed by atoms with E-state index in [9.17, 15) is 18.0 Å². The molecule has 0 saturated heterocycles. The molecule has 0 spiro atoms. The molecule has 0 atom stereocenters. The molecule has 1 aromatic carbocycles. The van der Waals surface area contributed by atoms with E-state index in [2.05, 4.69) is 9.97 Å². The van der Waals surface area contributed by atoms with Gasteiger partial charge in [0.15, 0.2) is 5.82 Å². The molecule has 0 aliphatic heterocycles. The van der Waals surface area contributed by atoms with Crippen LogP contribution in [0.15, 0.2) is 36.5 Å². The first-order chi connectivity index (χ1) is 9.49. The third-order valence-corrected chi connectivity index (χ3v) is 2.44. The number of hydrogen-bond acceptors (Lipinski definition) is 3. The number of benzene rings is 1. The van der Waals surface area contributed by atoms with Crippen LogP contribution in [0.4, 0.5) is 13.2 Å². The summed E-state index contributed by atoms with van der Waals surface area (Å²) in [6, 6.07) is 7.44. The highest BCUT2D eigenvalue weighted by molar-refractivity contribution is 5.77. The molecule has 0 N–H and O–H groups in total. The monoisotopic (exact) mass is 278 g/mol. The van der Waals surface area contributed by atoms with E-state index in [1.807, 2.05) is 0 Å². The van der Waals surface area contributed by atoms with Gasteiger partial charge in [-0.1, -0.05) is 24.3 Å². The average Bonchev–Trinajstić information content (AvgIpc) is 2.45. The zero-order valence-electron chi connectivity index (χ0n) is 10.1. The summed E-state index contributed by atoms with van der Waals surface area (Å²) >= 11 is 0. The molecule has 0 bridgehead atoms. The van der Waals surface area contributed by atoms with E-state index in [1.54, 1.807) is 30.3 Å². The minimum Gasteiger partial charge on any atom is -0.298 e. The van der Waals surface area contributed by atoms with Gasteiger partial charge in [0.25, 0.3) is 0 Å². The number of carbonyl (C=O) groups is 1. The van der Waals surface area contributed by atoms with Crippen LogP contribution in [0.2, 0.25) is 0 Å². The second kappa shape index (κ2) is 5.64. The normalized spacial score (nSPS) is 11.8. The first kappa shape index (κ1) is 13.9. The number of aldehydes is 1. The molecule has 1 aromatic heterocycles. The van der Waals surface area contributed by atoms with Crippen LogP contribution < -0.4 is 0 Å². The fourth-order valence-electron chi connectivity index (χ4n) is 1.52. The lowest BCUT2D eigenvalue weighted by Gasteiger charge is -2.04. The minimum absolute atomic E-state index is 0.0451. The van der Waals surface area contributed by atoms with Gasteiger partial charge in [-0.15, -0.1) is 0 Å². The summed E-state index contributed by atoms with van der Waals surface area (Å²) < 4.78 is 37.4. The first-order valence-corrected chi connectivity index (χ1v) is 5.62. The Labute approximate surface area is 112 Å². The Kier molecular flexibility index (Phi) is 3.93. The van der Waals surface area contributed by atoms with Gasteiger partial charge in [0.2, 0.25) is 0 Å². The molecule has 0 aliphatic carbocycles. The molecule has 3 nitrogen and oxygen atoms in total. The minimum atomic E-state index is -4.50. The van der Waals surface area contributed by atoms with Gasteiger partial charge in [0, 0.05) is 11.8 Å². The molecule has 6 heteroatoms. The van der Waals surface area contributed by atoms with Crippen LogP contribution in [0.3, 0.4) is 0 Å². The van der Waals surface area contributed by atoms with E-state index in [0.717, 1.165) is 12.3 Å². The number of halogens is 3. The third kappa shape index (κ3) is 3.50. The van der Waals surface area contributed by atoms with E-state index < -0.39 is 11.9 Å². The van der Waals surface area contributed by atoms with Crippen molar-refractivity contribution in [1.82, 2.24) is 9.97 Å². The lowest BCUT2D eigenvalue weighted by molar-refractivity contribution is -0.141. The van der Waals surface area contributed by atoms with Crippen molar-refractivity contribution in [2.24, 2.45) is 0 Å². The Morgan fingerprint density at radius 3 is 2.50 bits per heavy atom. The molecule has 0 fully saturated rings. The predicted molar refractivity (Wildman–Crippen MR) is 67.8 cm³/mol. The van der Waals surface area contributed by atoms with Crippen molar-refractivity contribution in [3.8, 4) is 0 Å². The topological polar surface area (TPSA) is 42.9 Å². The molecule has 102 valence electrons. The number of rotatable bonds is 3.